The summed E-state index contributed by atoms with van der Waals surface area (Å²) in [6, 6.07) is 54.9. The van der Waals surface area contributed by atoms with E-state index < -0.39 is 0 Å². The van der Waals surface area contributed by atoms with E-state index >= 15 is 0 Å². The van der Waals surface area contributed by atoms with Crippen LogP contribution in [0.3, 0.4) is 0 Å². The van der Waals surface area contributed by atoms with Gasteiger partial charge >= 0.3 is 0 Å². The average Bonchev–Trinajstić information content (AvgIpc) is 3.18. The lowest BCUT2D eigenvalue weighted by molar-refractivity contribution is 1.07. The van der Waals surface area contributed by atoms with Crippen LogP contribution in [0.1, 0.15) is 0 Å². The molecule has 0 N–H and O–H groups in total. The monoisotopic (exact) mass is 612 g/mol. The molecule has 4 nitrogen and oxygen atoms in total. The summed E-state index contributed by atoms with van der Waals surface area (Å²) in [6.07, 6.45) is 3.81. The molecule has 2 heterocycles. The second kappa shape index (κ2) is 11.7. The molecule has 0 saturated carbocycles. The van der Waals surface area contributed by atoms with Gasteiger partial charge in [0.2, 0.25) is 0 Å². The second-order valence-corrected chi connectivity index (χ2v) is 12.0. The molecular formula is C44H28N4. The van der Waals surface area contributed by atoms with Crippen molar-refractivity contribution in [2.45, 2.75) is 0 Å². The number of rotatable bonds is 5. The van der Waals surface area contributed by atoms with Crippen LogP contribution in [0.15, 0.2) is 170 Å². The molecule has 4 heteroatoms. The third-order valence-corrected chi connectivity index (χ3v) is 8.97. The van der Waals surface area contributed by atoms with Crippen LogP contribution in [0.2, 0.25) is 0 Å². The van der Waals surface area contributed by atoms with Crippen molar-refractivity contribution in [3.8, 4) is 56.4 Å². The van der Waals surface area contributed by atoms with E-state index in [-0.39, 0.29) is 0 Å². The highest BCUT2D eigenvalue weighted by Gasteiger charge is 2.15. The fourth-order valence-electron chi connectivity index (χ4n) is 6.56. The van der Waals surface area contributed by atoms with Crippen LogP contribution in [-0.4, -0.2) is 19.9 Å². The zero-order valence-electron chi connectivity index (χ0n) is 26.0. The van der Waals surface area contributed by atoms with Crippen LogP contribution in [0.25, 0.3) is 88.7 Å². The fourth-order valence-corrected chi connectivity index (χ4v) is 6.56. The molecule has 9 aromatic rings. The van der Waals surface area contributed by atoms with Crippen LogP contribution in [0.5, 0.6) is 0 Å². The summed E-state index contributed by atoms with van der Waals surface area (Å²) in [5, 5.41) is 7.02. The largest absolute Gasteiger partial charge is 0.264 e. The van der Waals surface area contributed by atoms with E-state index in [1.54, 1.807) is 0 Å². The third-order valence-electron chi connectivity index (χ3n) is 8.97. The Morgan fingerprint density at radius 2 is 0.812 bits per heavy atom. The maximum atomic E-state index is 5.10. The minimum atomic E-state index is 0.631. The van der Waals surface area contributed by atoms with Gasteiger partial charge in [-0.2, -0.15) is 0 Å². The zero-order chi connectivity index (χ0) is 31.9. The van der Waals surface area contributed by atoms with E-state index in [9.17, 15) is 0 Å². The lowest BCUT2D eigenvalue weighted by Gasteiger charge is -2.12. The summed E-state index contributed by atoms with van der Waals surface area (Å²) in [7, 11) is 0. The molecule has 48 heavy (non-hydrogen) atoms. The number of hydrogen-bond acceptors (Lipinski definition) is 4. The summed E-state index contributed by atoms with van der Waals surface area (Å²) >= 11 is 0. The molecule has 2 aromatic heterocycles. The highest BCUT2D eigenvalue weighted by atomic mass is 15.0. The lowest BCUT2D eigenvalue weighted by Crippen LogP contribution is -2.00. The standard InChI is InChI=1S/C44H28N4/c1-3-9-29(10-4-1)33-13-7-15-36(25-33)42-46-43(37-16-8-14-34(26-37)30-11-5-2-6-12-30)48-44(47-42)38-21-22-39-35(27-38)20-19-32-18-17-31-23-24-45-28-40(31)41(32)39/h1-28H. The van der Waals surface area contributed by atoms with Crippen molar-refractivity contribution >= 4 is 32.3 Å². The Balaban J connectivity index is 1.23. The molecule has 0 aliphatic heterocycles. The van der Waals surface area contributed by atoms with Gasteiger partial charge in [-0.05, 0) is 73.5 Å². The topological polar surface area (TPSA) is 51.6 Å². The first-order chi connectivity index (χ1) is 23.8. The fraction of sp³-hybridized carbons (Fsp3) is 0. The number of nitrogens with zero attached hydrogens (tertiary/aromatic N) is 4. The highest BCUT2D eigenvalue weighted by molar-refractivity contribution is 6.20. The van der Waals surface area contributed by atoms with E-state index in [0.29, 0.717) is 17.5 Å². The number of benzene rings is 7. The maximum Gasteiger partial charge on any atom is 0.164 e. The van der Waals surface area contributed by atoms with Gasteiger partial charge in [-0.15, -0.1) is 0 Å². The van der Waals surface area contributed by atoms with E-state index in [4.69, 9.17) is 15.0 Å². The molecule has 0 unspecified atom stereocenters. The molecule has 0 aliphatic carbocycles. The van der Waals surface area contributed by atoms with Crippen LogP contribution in [-0.2, 0) is 0 Å². The summed E-state index contributed by atoms with van der Waals surface area (Å²) in [4.78, 5) is 19.7. The van der Waals surface area contributed by atoms with Gasteiger partial charge in [-0.1, -0.05) is 133 Å². The minimum Gasteiger partial charge on any atom is -0.264 e. The van der Waals surface area contributed by atoms with E-state index in [1.807, 2.05) is 24.5 Å². The van der Waals surface area contributed by atoms with Crippen LogP contribution in [0.4, 0.5) is 0 Å². The predicted octanol–water partition coefficient (Wildman–Crippen LogP) is 11.1. The summed E-state index contributed by atoms with van der Waals surface area (Å²) < 4.78 is 0. The predicted molar refractivity (Wildman–Crippen MR) is 197 cm³/mol. The molecule has 0 aliphatic rings. The quantitative estimate of drug-likeness (QED) is 0.181. The number of aromatic nitrogens is 4. The SMILES string of the molecule is c1ccc(-c2cccc(-c3nc(-c4cccc(-c5ccccc5)c4)nc(-c4ccc5c(ccc6ccc7ccncc7c65)c4)n3)c2)cc1. The van der Waals surface area contributed by atoms with Crippen LogP contribution < -0.4 is 0 Å². The number of pyridine rings is 1. The molecule has 0 bridgehead atoms. The van der Waals surface area contributed by atoms with Crippen LogP contribution in [0, 0.1) is 0 Å². The third kappa shape index (κ3) is 5.06. The van der Waals surface area contributed by atoms with E-state index in [0.717, 1.165) is 49.7 Å². The molecular weight excluding hydrogens is 585 g/mol. The Kier molecular flexibility index (Phi) is 6.76. The Morgan fingerprint density at radius 3 is 1.42 bits per heavy atom. The van der Waals surface area contributed by atoms with E-state index in [2.05, 4.69) is 151 Å². The number of fused-ring (bicyclic) bond motifs is 5. The minimum absolute atomic E-state index is 0.631. The van der Waals surface area contributed by atoms with Gasteiger partial charge in [0.1, 0.15) is 0 Å². The summed E-state index contributed by atoms with van der Waals surface area (Å²) in [5.74, 6) is 1.90. The number of hydrogen-bond donors (Lipinski definition) is 0. The smallest absolute Gasteiger partial charge is 0.164 e. The van der Waals surface area contributed by atoms with Crippen molar-refractivity contribution in [2.24, 2.45) is 0 Å². The van der Waals surface area contributed by atoms with E-state index in [1.165, 1.54) is 21.5 Å². The van der Waals surface area contributed by atoms with Crippen molar-refractivity contribution < 1.29 is 0 Å². The van der Waals surface area contributed by atoms with Gasteiger partial charge in [-0.25, -0.2) is 15.0 Å². The average molecular weight is 613 g/mol. The first kappa shape index (κ1) is 27.8. The highest BCUT2D eigenvalue weighted by Crippen LogP contribution is 2.35. The normalized spacial score (nSPS) is 11.3. The first-order valence-corrected chi connectivity index (χ1v) is 16.0. The second-order valence-electron chi connectivity index (χ2n) is 12.0. The van der Waals surface area contributed by atoms with Crippen molar-refractivity contribution in [3.05, 3.63) is 170 Å². The molecule has 0 amide bonds. The van der Waals surface area contributed by atoms with Gasteiger partial charge in [0.05, 0.1) is 0 Å². The van der Waals surface area contributed by atoms with Gasteiger partial charge < -0.3 is 0 Å². The maximum absolute atomic E-state index is 5.10. The van der Waals surface area contributed by atoms with Crippen molar-refractivity contribution in [3.63, 3.8) is 0 Å². The molecule has 0 radical (unpaired) electrons. The van der Waals surface area contributed by atoms with Crippen molar-refractivity contribution in [1.29, 1.82) is 0 Å². The molecule has 9 rings (SSSR count). The van der Waals surface area contributed by atoms with Crippen molar-refractivity contribution in [1.82, 2.24) is 19.9 Å². The van der Waals surface area contributed by atoms with Crippen molar-refractivity contribution in [2.75, 3.05) is 0 Å². The lowest BCUT2D eigenvalue weighted by atomic mass is 9.96. The Labute approximate surface area is 278 Å². The van der Waals surface area contributed by atoms with Gasteiger partial charge in [-0.3, -0.25) is 4.98 Å². The summed E-state index contributed by atoms with van der Waals surface area (Å²) in [5.41, 5.74) is 7.33. The molecule has 0 saturated heterocycles. The first-order valence-electron chi connectivity index (χ1n) is 16.0. The van der Waals surface area contributed by atoms with Gasteiger partial charge in [0.15, 0.2) is 17.5 Å². The Hall–Kier alpha value is -6.52. The molecule has 0 spiro atoms. The molecule has 0 fully saturated rings. The Morgan fingerprint density at radius 1 is 0.312 bits per heavy atom. The van der Waals surface area contributed by atoms with Crippen LogP contribution >= 0.6 is 0 Å². The molecule has 224 valence electrons. The van der Waals surface area contributed by atoms with Gasteiger partial charge in [0, 0.05) is 34.5 Å². The molecule has 0 atom stereocenters. The Bertz CT molecular complexity index is 2510. The molecule has 7 aromatic carbocycles. The van der Waals surface area contributed by atoms with Gasteiger partial charge in [0.25, 0.3) is 0 Å². The zero-order valence-corrected chi connectivity index (χ0v) is 26.0. The summed E-state index contributed by atoms with van der Waals surface area (Å²) in [6.45, 7) is 0.